The topological polar surface area (TPSA) is 40.5 Å². The smallest absolute Gasteiger partial charge is 0.172 e. The van der Waals surface area contributed by atoms with Crippen molar-refractivity contribution in [2.45, 2.75) is 10.9 Å². The molecule has 0 aliphatic carbocycles. The van der Waals surface area contributed by atoms with Crippen molar-refractivity contribution in [2.24, 2.45) is 0 Å². The van der Waals surface area contributed by atoms with E-state index < -0.39 is 6.29 Å². The van der Waals surface area contributed by atoms with E-state index in [9.17, 15) is 0 Å². The molecule has 0 spiro atoms. The number of aliphatic hydroxyl groups excluding tert-OH is 1. The Kier molecular flexibility index (Phi) is 2.49. The van der Waals surface area contributed by atoms with Crippen LogP contribution in [0.2, 0.25) is 0 Å². The Morgan fingerprint density at radius 1 is 1.25 bits per heavy atom. The van der Waals surface area contributed by atoms with Gasteiger partial charge >= 0.3 is 0 Å². The lowest BCUT2D eigenvalue weighted by atomic mass is 10.8. The Bertz CT molecular complexity index is 70.4. The molecule has 1 aliphatic rings. The van der Waals surface area contributed by atoms with Crippen LogP contribution in [0.15, 0.2) is 0 Å². The molecule has 0 saturated carbocycles. The maximum absolute atomic E-state index is 8.57. The van der Waals surface area contributed by atoms with Gasteiger partial charge in [-0.2, -0.15) is 0 Å². The zero-order valence-electron chi connectivity index (χ0n) is 4.28. The van der Waals surface area contributed by atoms with Gasteiger partial charge in [-0.1, -0.05) is 0 Å². The number of thioether (sulfide) groups is 2. The number of hydrogen-bond acceptors (Lipinski definition) is 4. The molecule has 2 N–H and O–H groups in total. The van der Waals surface area contributed by atoms with E-state index in [4.69, 9.17) is 10.2 Å². The van der Waals surface area contributed by atoms with E-state index in [1.165, 1.54) is 0 Å². The summed E-state index contributed by atoms with van der Waals surface area (Å²) in [5.74, 6) is 2.10. The second-order valence-electron chi connectivity index (χ2n) is 1.52. The quantitative estimate of drug-likeness (QED) is 0.523. The molecule has 0 unspecified atom stereocenters. The van der Waals surface area contributed by atoms with Crippen molar-refractivity contribution in [2.75, 3.05) is 11.5 Å². The van der Waals surface area contributed by atoms with Crippen molar-refractivity contribution < 1.29 is 10.2 Å². The monoisotopic (exact) mass is 152 g/mol. The lowest BCUT2D eigenvalue weighted by Crippen LogP contribution is -2.15. The van der Waals surface area contributed by atoms with Crippen molar-refractivity contribution >= 4 is 23.5 Å². The van der Waals surface area contributed by atoms with Crippen molar-refractivity contribution in [3.05, 3.63) is 0 Å². The molecule has 1 rings (SSSR count). The van der Waals surface area contributed by atoms with Gasteiger partial charge in [0, 0.05) is 11.5 Å². The van der Waals surface area contributed by atoms with E-state index in [0.29, 0.717) is 0 Å². The number of rotatable bonds is 1. The summed E-state index contributed by atoms with van der Waals surface area (Å²) in [5.41, 5.74) is 0. The predicted molar refractivity (Wildman–Crippen MR) is 36.9 cm³/mol. The fraction of sp³-hybridized carbons (Fsp3) is 1.00. The lowest BCUT2D eigenvalue weighted by molar-refractivity contribution is -0.0246. The van der Waals surface area contributed by atoms with Crippen LogP contribution >= 0.6 is 23.5 Å². The first-order chi connectivity index (χ1) is 3.80. The molecule has 1 fully saturated rings. The fourth-order valence-electron chi connectivity index (χ4n) is 0.549. The average molecular weight is 152 g/mol. The third-order valence-electron chi connectivity index (χ3n) is 0.891. The van der Waals surface area contributed by atoms with Crippen LogP contribution in [0.4, 0.5) is 0 Å². The minimum atomic E-state index is -1.13. The molecule has 0 aromatic carbocycles. The minimum Gasteiger partial charge on any atom is -0.366 e. The third kappa shape index (κ3) is 1.55. The Morgan fingerprint density at radius 3 is 2.00 bits per heavy atom. The van der Waals surface area contributed by atoms with Crippen LogP contribution in [0.5, 0.6) is 0 Å². The largest absolute Gasteiger partial charge is 0.366 e. The molecule has 1 saturated heterocycles. The van der Waals surface area contributed by atoms with Gasteiger partial charge in [0.15, 0.2) is 6.29 Å². The van der Waals surface area contributed by atoms with Gasteiger partial charge < -0.3 is 10.2 Å². The summed E-state index contributed by atoms with van der Waals surface area (Å²) >= 11 is 3.23. The summed E-state index contributed by atoms with van der Waals surface area (Å²) in [6, 6.07) is 0. The normalized spacial score (nSPS) is 22.9. The summed E-state index contributed by atoms with van der Waals surface area (Å²) in [6.07, 6.45) is -1.13. The average Bonchev–Trinajstić information content (AvgIpc) is 2.12. The van der Waals surface area contributed by atoms with E-state index in [2.05, 4.69) is 0 Å². The first-order valence-corrected chi connectivity index (χ1v) is 4.50. The van der Waals surface area contributed by atoms with Gasteiger partial charge in [-0.3, -0.25) is 0 Å². The molecule has 4 heteroatoms. The van der Waals surface area contributed by atoms with Gasteiger partial charge in [-0.25, -0.2) is 0 Å². The number of hydrogen-bond donors (Lipinski definition) is 2. The molecule has 2 nitrogen and oxygen atoms in total. The first-order valence-electron chi connectivity index (χ1n) is 2.40. The molecule has 0 bridgehead atoms. The second-order valence-corrected chi connectivity index (χ2v) is 4.32. The van der Waals surface area contributed by atoms with Crippen LogP contribution in [-0.4, -0.2) is 32.6 Å². The predicted octanol–water partition coefficient (Wildman–Crippen LogP) is 0.103. The standard InChI is InChI=1S/C4H8O2S2/c5-3(6)4-7-1-2-8-4/h3-6H,1-2H2. The van der Waals surface area contributed by atoms with Gasteiger partial charge in [0.1, 0.15) is 4.58 Å². The molecule has 0 amide bonds. The highest BCUT2D eigenvalue weighted by atomic mass is 32.2. The van der Waals surface area contributed by atoms with E-state index in [-0.39, 0.29) is 4.58 Å². The summed E-state index contributed by atoms with van der Waals surface area (Å²) in [6.45, 7) is 0. The van der Waals surface area contributed by atoms with E-state index in [0.717, 1.165) is 11.5 Å². The maximum atomic E-state index is 8.57. The SMILES string of the molecule is OC(O)C1SCCS1. The van der Waals surface area contributed by atoms with Crippen LogP contribution in [0.1, 0.15) is 0 Å². The lowest BCUT2D eigenvalue weighted by Gasteiger charge is -2.07. The number of aliphatic hydroxyl groups is 2. The Labute approximate surface area is 56.7 Å². The molecule has 0 aromatic heterocycles. The molecule has 0 atom stereocenters. The minimum absolute atomic E-state index is 0.00926. The van der Waals surface area contributed by atoms with Gasteiger partial charge in [-0.15, -0.1) is 23.5 Å². The van der Waals surface area contributed by atoms with Crippen molar-refractivity contribution in [1.29, 1.82) is 0 Å². The highest BCUT2D eigenvalue weighted by Gasteiger charge is 2.21. The van der Waals surface area contributed by atoms with Gasteiger partial charge in [0.25, 0.3) is 0 Å². The van der Waals surface area contributed by atoms with E-state index in [1.54, 1.807) is 23.5 Å². The van der Waals surface area contributed by atoms with Gasteiger partial charge in [-0.05, 0) is 0 Å². The first kappa shape index (κ1) is 6.74. The van der Waals surface area contributed by atoms with Crippen molar-refractivity contribution in [3.8, 4) is 0 Å². The highest BCUT2D eigenvalue weighted by molar-refractivity contribution is 8.20. The second kappa shape index (κ2) is 2.96. The molecule has 0 radical (unpaired) electrons. The zero-order valence-corrected chi connectivity index (χ0v) is 5.91. The van der Waals surface area contributed by atoms with Crippen LogP contribution in [0.25, 0.3) is 0 Å². The van der Waals surface area contributed by atoms with E-state index in [1.807, 2.05) is 0 Å². The molecular formula is C4H8O2S2. The summed E-state index contributed by atoms with van der Waals surface area (Å²) in [7, 11) is 0. The third-order valence-corrected chi connectivity index (χ3v) is 3.99. The molecule has 8 heavy (non-hydrogen) atoms. The van der Waals surface area contributed by atoms with Crippen LogP contribution in [0.3, 0.4) is 0 Å². The molecule has 1 aliphatic heterocycles. The molecule has 0 aromatic rings. The van der Waals surface area contributed by atoms with Gasteiger partial charge in [0.2, 0.25) is 0 Å². The summed E-state index contributed by atoms with van der Waals surface area (Å²) < 4.78 is 0.00926. The summed E-state index contributed by atoms with van der Waals surface area (Å²) in [4.78, 5) is 0. The Balaban J connectivity index is 2.24. The Morgan fingerprint density at radius 2 is 1.75 bits per heavy atom. The van der Waals surface area contributed by atoms with Crippen molar-refractivity contribution in [1.82, 2.24) is 0 Å². The molecule has 48 valence electrons. The molecule has 1 heterocycles. The Hall–Kier alpha value is 0.620. The maximum Gasteiger partial charge on any atom is 0.172 e. The van der Waals surface area contributed by atoms with Gasteiger partial charge in [0.05, 0.1) is 0 Å². The van der Waals surface area contributed by atoms with Crippen LogP contribution < -0.4 is 0 Å². The highest BCUT2D eigenvalue weighted by Crippen LogP contribution is 2.33. The van der Waals surface area contributed by atoms with Crippen LogP contribution in [0, 0.1) is 0 Å². The van der Waals surface area contributed by atoms with Crippen molar-refractivity contribution in [3.63, 3.8) is 0 Å². The zero-order chi connectivity index (χ0) is 5.98. The van der Waals surface area contributed by atoms with Crippen LogP contribution in [-0.2, 0) is 0 Å². The van der Waals surface area contributed by atoms with E-state index >= 15 is 0 Å². The molecular weight excluding hydrogens is 144 g/mol. The summed E-state index contributed by atoms with van der Waals surface area (Å²) in [5, 5.41) is 17.1. The fourth-order valence-corrected chi connectivity index (χ4v) is 3.09.